The minimum atomic E-state index is -0.955. The SMILES string of the molecule is Cc1ccc(C(=O)O[C@H](C)C(=O)Nc2cccc(C#N)c2)c(C)c1. The van der Waals surface area contributed by atoms with Crippen molar-refractivity contribution in [2.75, 3.05) is 5.32 Å². The van der Waals surface area contributed by atoms with Crippen LogP contribution in [0, 0.1) is 25.2 Å². The van der Waals surface area contributed by atoms with Crippen molar-refractivity contribution in [3.63, 3.8) is 0 Å². The molecule has 0 aliphatic rings. The molecule has 0 bridgehead atoms. The highest BCUT2D eigenvalue weighted by Crippen LogP contribution is 2.14. The minimum Gasteiger partial charge on any atom is -0.449 e. The van der Waals surface area contributed by atoms with Crippen LogP contribution in [0.1, 0.15) is 34.0 Å². The minimum absolute atomic E-state index is 0.437. The summed E-state index contributed by atoms with van der Waals surface area (Å²) in [6.45, 7) is 5.26. The number of ether oxygens (including phenoxy) is 1. The van der Waals surface area contributed by atoms with Gasteiger partial charge in [-0.2, -0.15) is 5.26 Å². The number of nitrogens with zero attached hydrogens (tertiary/aromatic N) is 1. The number of nitriles is 1. The van der Waals surface area contributed by atoms with Crippen molar-refractivity contribution in [2.24, 2.45) is 0 Å². The molecule has 2 aromatic carbocycles. The second kappa shape index (κ2) is 7.42. The third-order valence-electron chi connectivity index (χ3n) is 3.51. The monoisotopic (exact) mass is 322 g/mol. The molecule has 0 spiro atoms. The fraction of sp³-hybridized carbons (Fsp3) is 0.211. The van der Waals surface area contributed by atoms with Gasteiger partial charge in [0, 0.05) is 5.69 Å². The molecule has 0 radical (unpaired) electrons. The highest BCUT2D eigenvalue weighted by Gasteiger charge is 2.20. The number of rotatable bonds is 4. The Bertz CT molecular complexity index is 822. The molecule has 0 saturated carbocycles. The van der Waals surface area contributed by atoms with E-state index in [2.05, 4.69) is 5.32 Å². The smallest absolute Gasteiger partial charge is 0.339 e. The number of anilines is 1. The summed E-state index contributed by atoms with van der Waals surface area (Å²) in [6, 6.07) is 13.9. The van der Waals surface area contributed by atoms with Crippen molar-refractivity contribution in [2.45, 2.75) is 26.9 Å². The zero-order chi connectivity index (χ0) is 17.7. The van der Waals surface area contributed by atoms with Crippen LogP contribution in [0.5, 0.6) is 0 Å². The first-order chi connectivity index (χ1) is 11.4. The molecule has 24 heavy (non-hydrogen) atoms. The molecule has 0 fully saturated rings. The molecule has 1 amide bonds. The molecule has 0 saturated heterocycles. The van der Waals surface area contributed by atoms with Crippen LogP contribution in [0.2, 0.25) is 0 Å². The van der Waals surface area contributed by atoms with Crippen LogP contribution in [-0.4, -0.2) is 18.0 Å². The Balaban J connectivity index is 2.03. The van der Waals surface area contributed by atoms with Gasteiger partial charge in [0.05, 0.1) is 17.2 Å². The van der Waals surface area contributed by atoms with Gasteiger partial charge in [0.2, 0.25) is 0 Å². The van der Waals surface area contributed by atoms with Crippen LogP contribution in [0.3, 0.4) is 0 Å². The molecule has 0 aromatic heterocycles. The van der Waals surface area contributed by atoms with Crippen molar-refractivity contribution >= 4 is 17.6 Å². The number of carbonyl (C=O) groups is 2. The molecule has 5 nitrogen and oxygen atoms in total. The standard InChI is InChI=1S/C19H18N2O3/c1-12-7-8-17(13(2)9-12)19(23)24-14(3)18(22)21-16-6-4-5-15(10-16)11-20/h4-10,14H,1-3H3,(H,21,22)/t14-/m1/s1. The van der Waals surface area contributed by atoms with Gasteiger partial charge in [0.15, 0.2) is 6.10 Å². The number of carbonyl (C=O) groups excluding carboxylic acids is 2. The Hall–Kier alpha value is -3.13. The van der Waals surface area contributed by atoms with Gasteiger partial charge < -0.3 is 10.1 Å². The molecule has 1 N–H and O–H groups in total. The van der Waals surface area contributed by atoms with E-state index in [1.54, 1.807) is 30.3 Å². The highest BCUT2D eigenvalue weighted by molar-refractivity contribution is 5.97. The molecule has 0 aliphatic heterocycles. The first-order valence-electron chi connectivity index (χ1n) is 7.50. The molecular weight excluding hydrogens is 304 g/mol. The third kappa shape index (κ3) is 4.20. The maximum Gasteiger partial charge on any atom is 0.339 e. The normalized spacial score (nSPS) is 11.2. The van der Waals surface area contributed by atoms with Crippen LogP contribution < -0.4 is 5.32 Å². The van der Waals surface area contributed by atoms with E-state index >= 15 is 0 Å². The van der Waals surface area contributed by atoms with Crippen LogP contribution in [0.4, 0.5) is 5.69 Å². The van der Waals surface area contributed by atoms with Gasteiger partial charge in [-0.3, -0.25) is 4.79 Å². The molecule has 5 heteroatoms. The average Bonchev–Trinajstić information content (AvgIpc) is 2.54. The van der Waals surface area contributed by atoms with Crippen LogP contribution >= 0.6 is 0 Å². The van der Waals surface area contributed by atoms with Gasteiger partial charge in [-0.15, -0.1) is 0 Å². The van der Waals surface area contributed by atoms with Crippen molar-refractivity contribution in [3.8, 4) is 6.07 Å². The number of hydrogen-bond acceptors (Lipinski definition) is 4. The summed E-state index contributed by atoms with van der Waals surface area (Å²) in [7, 11) is 0. The van der Waals surface area contributed by atoms with E-state index in [0.29, 0.717) is 16.8 Å². The predicted octanol–water partition coefficient (Wildman–Crippen LogP) is 3.36. The van der Waals surface area contributed by atoms with Gasteiger partial charge in [-0.25, -0.2) is 4.79 Å². The average molecular weight is 322 g/mol. The van der Waals surface area contributed by atoms with Gasteiger partial charge in [0.25, 0.3) is 5.91 Å². The number of esters is 1. The lowest BCUT2D eigenvalue weighted by Crippen LogP contribution is -2.30. The summed E-state index contributed by atoms with van der Waals surface area (Å²) in [5.41, 5.74) is 3.20. The lowest BCUT2D eigenvalue weighted by molar-refractivity contribution is -0.123. The lowest BCUT2D eigenvalue weighted by atomic mass is 10.1. The van der Waals surface area contributed by atoms with Gasteiger partial charge in [-0.05, 0) is 50.6 Å². The van der Waals surface area contributed by atoms with Gasteiger partial charge in [0.1, 0.15) is 0 Å². The fourth-order valence-corrected chi connectivity index (χ4v) is 2.23. The molecule has 0 unspecified atom stereocenters. The summed E-state index contributed by atoms with van der Waals surface area (Å²) < 4.78 is 5.23. The van der Waals surface area contributed by atoms with Crippen molar-refractivity contribution in [1.82, 2.24) is 0 Å². The van der Waals surface area contributed by atoms with E-state index in [0.717, 1.165) is 11.1 Å². The molecular formula is C19H18N2O3. The molecule has 122 valence electrons. The molecule has 0 heterocycles. The van der Waals surface area contributed by atoms with E-state index < -0.39 is 18.0 Å². The Kier molecular flexibility index (Phi) is 5.33. The zero-order valence-electron chi connectivity index (χ0n) is 13.8. The molecule has 2 aromatic rings. The number of benzene rings is 2. The Morgan fingerprint density at radius 2 is 1.92 bits per heavy atom. The van der Waals surface area contributed by atoms with Crippen LogP contribution in [0.15, 0.2) is 42.5 Å². The van der Waals surface area contributed by atoms with Crippen molar-refractivity contribution < 1.29 is 14.3 Å². The number of nitrogens with one attached hydrogen (secondary N) is 1. The summed E-state index contributed by atoms with van der Waals surface area (Å²) in [5.74, 6) is -0.996. The van der Waals surface area contributed by atoms with Crippen LogP contribution in [-0.2, 0) is 9.53 Å². The van der Waals surface area contributed by atoms with Crippen molar-refractivity contribution in [1.29, 1.82) is 5.26 Å². The fourth-order valence-electron chi connectivity index (χ4n) is 2.23. The Morgan fingerprint density at radius 1 is 1.17 bits per heavy atom. The van der Waals surface area contributed by atoms with E-state index in [1.165, 1.54) is 6.92 Å². The van der Waals surface area contributed by atoms with E-state index in [1.807, 2.05) is 32.0 Å². The highest BCUT2D eigenvalue weighted by atomic mass is 16.5. The van der Waals surface area contributed by atoms with Crippen LogP contribution in [0.25, 0.3) is 0 Å². The molecule has 0 aliphatic carbocycles. The molecule has 2 rings (SSSR count). The summed E-state index contributed by atoms with van der Waals surface area (Å²) >= 11 is 0. The second-order valence-electron chi connectivity index (χ2n) is 5.55. The van der Waals surface area contributed by atoms with Crippen molar-refractivity contribution in [3.05, 3.63) is 64.7 Å². The first-order valence-corrected chi connectivity index (χ1v) is 7.50. The Labute approximate surface area is 140 Å². The summed E-state index contributed by atoms with van der Waals surface area (Å²) in [4.78, 5) is 24.3. The zero-order valence-corrected chi connectivity index (χ0v) is 13.8. The van der Waals surface area contributed by atoms with E-state index in [9.17, 15) is 9.59 Å². The third-order valence-corrected chi connectivity index (χ3v) is 3.51. The maximum atomic E-state index is 12.2. The maximum absolute atomic E-state index is 12.2. The van der Waals surface area contributed by atoms with E-state index in [-0.39, 0.29) is 0 Å². The number of aryl methyl sites for hydroxylation is 2. The van der Waals surface area contributed by atoms with E-state index in [4.69, 9.17) is 10.00 Å². The summed E-state index contributed by atoms with van der Waals surface area (Å²) in [6.07, 6.45) is -0.955. The Morgan fingerprint density at radius 3 is 2.58 bits per heavy atom. The second-order valence-corrected chi connectivity index (χ2v) is 5.55. The first kappa shape index (κ1) is 17.2. The lowest BCUT2D eigenvalue weighted by Gasteiger charge is -2.14. The quantitative estimate of drug-likeness (QED) is 0.875. The summed E-state index contributed by atoms with van der Waals surface area (Å²) in [5, 5.41) is 11.5. The topological polar surface area (TPSA) is 79.2 Å². The number of amides is 1. The molecule has 1 atom stereocenters. The predicted molar refractivity (Wildman–Crippen MR) is 90.6 cm³/mol. The van der Waals surface area contributed by atoms with Gasteiger partial charge in [-0.1, -0.05) is 23.8 Å². The largest absolute Gasteiger partial charge is 0.449 e. The number of hydrogen-bond donors (Lipinski definition) is 1. The van der Waals surface area contributed by atoms with Gasteiger partial charge >= 0.3 is 5.97 Å².